The molecule has 2 saturated heterocycles. The maximum absolute atomic E-state index is 3.89. The van der Waals surface area contributed by atoms with Crippen LogP contribution in [0.1, 0.15) is 155 Å². The van der Waals surface area contributed by atoms with E-state index < -0.39 is 0 Å². The Morgan fingerprint density at radius 2 is 1.10 bits per heavy atom. The molecule has 50 heavy (non-hydrogen) atoms. The standard InChI is InChI=1S/C46H74N2P2/c1-40(2,3)42-19-32-17-33(20-42)24-44(23-32,30-42)50(45-25-34-18-35(26-45)22-43(21-34,31-45)41(4,5)6)29-36-11-7-8-14-39(36)46(49,37-12-9-15-47-27-37)38-13-10-16-48-28-38/h7-8,11,14,32-35,37-38,47-48H,9-10,12-13,15-31,49H2,1-6H3. The first-order valence-corrected chi connectivity index (χ1v) is 23.9. The Bertz CT molecular complexity index is 1310. The first kappa shape index (κ1) is 35.7. The molecule has 7 unspecified atom stereocenters. The van der Waals surface area contributed by atoms with Crippen molar-refractivity contribution in [3.63, 3.8) is 0 Å². The molecule has 1 aromatic rings. The second-order valence-electron chi connectivity index (χ2n) is 22.7. The minimum absolute atomic E-state index is 0.153. The van der Waals surface area contributed by atoms with Gasteiger partial charge in [-0.1, -0.05) is 73.7 Å². The molecule has 10 fully saturated rings. The number of hydrogen-bond acceptors (Lipinski definition) is 2. The summed E-state index contributed by atoms with van der Waals surface area (Å²) in [6, 6.07) is 10.2. The number of nitrogens with one attached hydrogen (secondary N) is 2. The van der Waals surface area contributed by atoms with Crippen molar-refractivity contribution in [3.8, 4) is 0 Å². The average molecular weight is 717 g/mol. The van der Waals surface area contributed by atoms with Crippen LogP contribution in [0.25, 0.3) is 0 Å². The summed E-state index contributed by atoms with van der Waals surface area (Å²) in [5, 5.41) is 9.12. The van der Waals surface area contributed by atoms with Crippen molar-refractivity contribution in [1.29, 1.82) is 0 Å². The number of benzene rings is 1. The molecule has 2 heterocycles. The van der Waals surface area contributed by atoms with Gasteiger partial charge in [-0.3, -0.25) is 0 Å². The molecule has 11 rings (SSSR count). The van der Waals surface area contributed by atoms with Crippen molar-refractivity contribution < 1.29 is 0 Å². The highest BCUT2D eigenvalue weighted by Gasteiger charge is 2.69. The lowest BCUT2D eigenvalue weighted by Crippen LogP contribution is -2.63. The molecule has 8 bridgehead atoms. The van der Waals surface area contributed by atoms with Crippen LogP contribution in [0.3, 0.4) is 0 Å². The Morgan fingerprint density at radius 1 is 0.660 bits per heavy atom. The van der Waals surface area contributed by atoms with E-state index in [4.69, 9.17) is 0 Å². The molecule has 278 valence electrons. The van der Waals surface area contributed by atoms with E-state index in [0.717, 1.165) is 23.7 Å². The van der Waals surface area contributed by atoms with Gasteiger partial charge in [0.2, 0.25) is 0 Å². The smallest absolute Gasteiger partial charge is 0.0180 e. The largest absolute Gasteiger partial charge is 0.316 e. The molecule has 1 aromatic carbocycles. The lowest BCUT2D eigenvalue weighted by molar-refractivity contribution is -0.113. The van der Waals surface area contributed by atoms with E-state index in [-0.39, 0.29) is 13.1 Å². The van der Waals surface area contributed by atoms with E-state index in [2.05, 4.69) is 85.7 Å². The van der Waals surface area contributed by atoms with Gasteiger partial charge in [0, 0.05) is 5.16 Å². The molecule has 2 nitrogen and oxygen atoms in total. The van der Waals surface area contributed by atoms with Gasteiger partial charge < -0.3 is 10.6 Å². The van der Waals surface area contributed by atoms with E-state index >= 15 is 0 Å². The third-order valence-corrected chi connectivity index (χ3v) is 23.4. The first-order chi connectivity index (χ1) is 23.7. The summed E-state index contributed by atoms with van der Waals surface area (Å²) in [6.45, 7) is 20.7. The van der Waals surface area contributed by atoms with E-state index in [9.17, 15) is 0 Å². The maximum Gasteiger partial charge on any atom is 0.0180 e. The van der Waals surface area contributed by atoms with Crippen molar-refractivity contribution >= 4 is 17.2 Å². The van der Waals surface area contributed by atoms with E-state index in [0.29, 0.717) is 43.8 Å². The highest BCUT2D eigenvalue weighted by molar-refractivity contribution is 7.60. The first-order valence-electron chi connectivity index (χ1n) is 21.7. The van der Waals surface area contributed by atoms with Gasteiger partial charge in [0.25, 0.3) is 0 Å². The predicted octanol–water partition coefficient (Wildman–Crippen LogP) is 11.5. The van der Waals surface area contributed by atoms with Gasteiger partial charge in [0.1, 0.15) is 0 Å². The molecule has 8 aliphatic carbocycles. The summed E-state index contributed by atoms with van der Waals surface area (Å²) in [4.78, 5) is 0. The zero-order valence-electron chi connectivity index (χ0n) is 33.1. The highest BCUT2D eigenvalue weighted by atomic mass is 31.1. The lowest BCUT2D eigenvalue weighted by Gasteiger charge is -2.74. The van der Waals surface area contributed by atoms with Crippen molar-refractivity contribution in [3.05, 3.63) is 35.4 Å². The van der Waals surface area contributed by atoms with Crippen LogP contribution in [-0.2, 0) is 11.3 Å². The third-order valence-electron chi connectivity index (χ3n) is 18.1. The SMILES string of the molecule is CC(C)(C)C12CC3CC(CC(P(Cc4ccccc4C(P)(C4CCCNC4)C4CCCNC4)C45CC6CC(C4)CC(C(C)(C)C)(C6)C5)(C3)C1)C2. The Morgan fingerprint density at radius 3 is 1.50 bits per heavy atom. The zero-order chi connectivity index (χ0) is 34.8. The monoisotopic (exact) mass is 717 g/mol. The topological polar surface area (TPSA) is 24.1 Å². The molecule has 0 amide bonds. The van der Waals surface area contributed by atoms with Crippen LogP contribution in [0.15, 0.2) is 24.3 Å². The highest BCUT2D eigenvalue weighted by Crippen LogP contribution is 2.84. The summed E-state index contributed by atoms with van der Waals surface area (Å²) < 4.78 is 0. The van der Waals surface area contributed by atoms with Crippen molar-refractivity contribution in [1.82, 2.24) is 10.6 Å². The van der Waals surface area contributed by atoms with E-state index in [1.165, 1.54) is 83.7 Å². The molecule has 0 radical (unpaired) electrons. The fraction of sp³-hybridized carbons (Fsp3) is 0.870. The Labute approximate surface area is 311 Å². The van der Waals surface area contributed by atoms with Gasteiger partial charge in [-0.2, -0.15) is 0 Å². The molecule has 10 aliphatic rings. The van der Waals surface area contributed by atoms with Crippen LogP contribution in [-0.4, -0.2) is 36.5 Å². The molecule has 7 atom stereocenters. The molecule has 0 aromatic heterocycles. The van der Waals surface area contributed by atoms with Gasteiger partial charge in [0.05, 0.1) is 0 Å². The van der Waals surface area contributed by atoms with Gasteiger partial charge in [-0.15, -0.1) is 9.24 Å². The second-order valence-corrected chi connectivity index (χ2v) is 26.7. The third kappa shape index (κ3) is 5.49. The van der Waals surface area contributed by atoms with Crippen molar-refractivity contribution in [2.75, 3.05) is 26.2 Å². The molecule has 2 N–H and O–H groups in total. The van der Waals surface area contributed by atoms with Crippen LogP contribution < -0.4 is 10.6 Å². The minimum atomic E-state index is -0.182. The van der Waals surface area contributed by atoms with Crippen molar-refractivity contribution in [2.24, 2.45) is 57.2 Å². The van der Waals surface area contributed by atoms with Crippen LogP contribution in [0.2, 0.25) is 0 Å². The maximum atomic E-state index is 3.89. The molecule has 2 aliphatic heterocycles. The normalized spacial score (nSPS) is 45.8. The van der Waals surface area contributed by atoms with E-state index in [1.807, 2.05) is 0 Å². The summed E-state index contributed by atoms with van der Waals surface area (Å²) in [6.07, 6.45) is 25.6. The van der Waals surface area contributed by atoms with Gasteiger partial charge in [-0.25, -0.2) is 0 Å². The molecule has 8 saturated carbocycles. The summed E-state index contributed by atoms with van der Waals surface area (Å²) in [7, 11) is 3.48. The van der Waals surface area contributed by atoms with Gasteiger partial charge in [0.15, 0.2) is 0 Å². The Kier molecular flexibility index (Phi) is 8.74. The van der Waals surface area contributed by atoms with Crippen LogP contribution in [0.5, 0.6) is 0 Å². The predicted molar refractivity (Wildman–Crippen MR) is 218 cm³/mol. The minimum Gasteiger partial charge on any atom is -0.316 e. The van der Waals surface area contributed by atoms with Crippen LogP contribution >= 0.6 is 17.2 Å². The number of piperidine rings is 2. The number of rotatable bonds is 7. The summed E-state index contributed by atoms with van der Waals surface area (Å²) >= 11 is 0. The zero-order valence-corrected chi connectivity index (χ0v) is 35.2. The Hall–Kier alpha value is -0.0000000000000000416. The van der Waals surface area contributed by atoms with Crippen molar-refractivity contribution in [2.45, 2.75) is 166 Å². The number of hydrogen-bond donors (Lipinski definition) is 2. The van der Waals surface area contributed by atoms with Crippen LogP contribution in [0.4, 0.5) is 0 Å². The lowest BCUT2D eigenvalue weighted by atomic mass is 9.43. The molecule has 0 spiro atoms. The quantitative estimate of drug-likeness (QED) is 0.275. The van der Waals surface area contributed by atoms with E-state index in [1.54, 1.807) is 62.5 Å². The summed E-state index contributed by atoms with van der Waals surface area (Å²) in [5.74, 6) is 5.36. The fourth-order valence-corrected chi connectivity index (χ4v) is 22.2. The average Bonchev–Trinajstić information content (AvgIpc) is 3.05. The van der Waals surface area contributed by atoms with Gasteiger partial charge in [-0.05, 0) is 214 Å². The Balaban J connectivity index is 1.19. The molecular weight excluding hydrogens is 642 g/mol. The van der Waals surface area contributed by atoms with Gasteiger partial charge >= 0.3 is 0 Å². The molecule has 4 heteroatoms. The fourth-order valence-electron chi connectivity index (χ4n) is 16.2. The summed E-state index contributed by atoms with van der Waals surface area (Å²) in [5.41, 5.74) is 5.51. The second kappa shape index (κ2) is 12.2. The van der Waals surface area contributed by atoms with Crippen LogP contribution in [0, 0.1) is 57.2 Å². The molecular formula is C46H74N2P2.